The minimum absolute atomic E-state index is 0.210. The summed E-state index contributed by atoms with van der Waals surface area (Å²) in [6, 6.07) is 0. The summed E-state index contributed by atoms with van der Waals surface area (Å²) < 4.78 is 16.2. The van der Waals surface area contributed by atoms with Gasteiger partial charge in [0.2, 0.25) is 0 Å². The summed E-state index contributed by atoms with van der Waals surface area (Å²) in [6.07, 6.45) is 1.91. The van der Waals surface area contributed by atoms with Crippen LogP contribution >= 0.6 is 0 Å². The van der Waals surface area contributed by atoms with Gasteiger partial charge in [-0.15, -0.1) is 0 Å². The Hall–Kier alpha value is -0.200. The summed E-state index contributed by atoms with van der Waals surface area (Å²) in [5.41, 5.74) is -0.210. The molecule has 0 bridgehead atoms. The molecular weight excluding hydrogens is 234 g/mol. The van der Waals surface area contributed by atoms with Crippen LogP contribution in [0, 0.1) is 0 Å². The molecule has 2 atom stereocenters. The molecule has 18 heavy (non-hydrogen) atoms. The van der Waals surface area contributed by atoms with E-state index in [1.165, 1.54) is 0 Å². The highest BCUT2D eigenvalue weighted by Crippen LogP contribution is 2.11. The molecule has 0 radical (unpaired) electrons. The van der Waals surface area contributed by atoms with E-state index in [2.05, 4.69) is 5.32 Å². The lowest BCUT2D eigenvalue weighted by Crippen LogP contribution is -2.41. The van der Waals surface area contributed by atoms with E-state index in [0.717, 1.165) is 19.4 Å². The molecule has 5 heteroatoms. The van der Waals surface area contributed by atoms with Gasteiger partial charge in [-0.3, -0.25) is 0 Å². The number of aliphatic hydroxyl groups is 1. The molecule has 0 aromatic carbocycles. The van der Waals surface area contributed by atoms with Gasteiger partial charge in [0.25, 0.3) is 0 Å². The molecule has 1 fully saturated rings. The van der Waals surface area contributed by atoms with Crippen LogP contribution in [-0.2, 0) is 14.2 Å². The third kappa shape index (κ3) is 6.66. The fourth-order valence-electron chi connectivity index (χ4n) is 1.78. The second-order valence-electron chi connectivity index (χ2n) is 5.42. The summed E-state index contributed by atoms with van der Waals surface area (Å²) in [5.74, 6) is 0. The van der Waals surface area contributed by atoms with E-state index in [4.69, 9.17) is 14.2 Å². The maximum Gasteiger partial charge on any atom is 0.0897 e. The summed E-state index contributed by atoms with van der Waals surface area (Å²) in [4.78, 5) is 0. The van der Waals surface area contributed by atoms with Crippen LogP contribution < -0.4 is 5.32 Å². The van der Waals surface area contributed by atoms with Crippen molar-refractivity contribution >= 4 is 0 Å². The highest BCUT2D eigenvalue weighted by atomic mass is 16.5. The minimum Gasteiger partial charge on any atom is -0.389 e. The average molecular weight is 261 g/mol. The van der Waals surface area contributed by atoms with Crippen molar-refractivity contribution in [2.24, 2.45) is 0 Å². The molecule has 1 aliphatic rings. The van der Waals surface area contributed by atoms with Gasteiger partial charge < -0.3 is 24.6 Å². The lowest BCUT2D eigenvalue weighted by molar-refractivity contribution is -0.0193. The number of ether oxygens (including phenoxy) is 3. The fraction of sp³-hybridized carbons (Fsp3) is 1.00. The van der Waals surface area contributed by atoms with Crippen molar-refractivity contribution < 1.29 is 19.3 Å². The Kier molecular flexibility index (Phi) is 7.11. The van der Waals surface area contributed by atoms with Gasteiger partial charge in [0.1, 0.15) is 0 Å². The van der Waals surface area contributed by atoms with E-state index < -0.39 is 6.10 Å². The van der Waals surface area contributed by atoms with Crippen molar-refractivity contribution in [2.45, 2.75) is 44.5 Å². The molecule has 0 amide bonds. The third-order valence-electron chi connectivity index (χ3n) is 3.12. The molecule has 1 heterocycles. The Morgan fingerprint density at radius 3 is 2.89 bits per heavy atom. The van der Waals surface area contributed by atoms with Gasteiger partial charge in [-0.1, -0.05) is 0 Å². The van der Waals surface area contributed by atoms with Crippen LogP contribution in [0.25, 0.3) is 0 Å². The second kappa shape index (κ2) is 8.07. The number of hydrogen-bond donors (Lipinski definition) is 2. The van der Waals surface area contributed by atoms with Gasteiger partial charge in [0, 0.05) is 26.8 Å². The zero-order valence-electron chi connectivity index (χ0n) is 11.8. The van der Waals surface area contributed by atoms with Crippen molar-refractivity contribution in [3.8, 4) is 0 Å². The summed E-state index contributed by atoms with van der Waals surface area (Å²) in [6.45, 7) is 6.98. The van der Waals surface area contributed by atoms with Crippen LogP contribution in [0.5, 0.6) is 0 Å². The predicted octanol–water partition coefficient (Wildman–Crippen LogP) is 0.558. The maximum absolute atomic E-state index is 9.72. The zero-order valence-corrected chi connectivity index (χ0v) is 11.8. The van der Waals surface area contributed by atoms with E-state index in [0.29, 0.717) is 26.3 Å². The Balaban J connectivity index is 1.98. The Labute approximate surface area is 110 Å². The first kappa shape index (κ1) is 15.9. The van der Waals surface area contributed by atoms with E-state index in [1.807, 2.05) is 13.8 Å². The lowest BCUT2D eigenvalue weighted by atomic mass is 10.1. The standard InChI is InChI=1S/C13H27NO4/c1-13(2,16-3)10-14-7-11(15)8-17-9-12-5-4-6-18-12/h11-12,14-15H,4-10H2,1-3H3. The third-order valence-corrected chi connectivity index (χ3v) is 3.12. The van der Waals surface area contributed by atoms with Crippen LogP contribution in [0.3, 0.4) is 0 Å². The molecule has 0 aromatic rings. The van der Waals surface area contributed by atoms with Crippen molar-refractivity contribution in [3.63, 3.8) is 0 Å². The highest BCUT2D eigenvalue weighted by Gasteiger charge is 2.17. The molecule has 0 spiro atoms. The normalized spacial score (nSPS) is 22.3. The first-order chi connectivity index (χ1) is 8.53. The van der Waals surface area contributed by atoms with Gasteiger partial charge in [-0.2, -0.15) is 0 Å². The molecular formula is C13H27NO4. The second-order valence-corrected chi connectivity index (χ2v) is 5.42. The number of nitrogens with one attached hydrogen (secondary N) is 1. The molecule has 1 aliphatic heterocycles. The average Bonchev–Trinajstić information content (AvgIpc) is 2.82. The zero-order chi connectivity index (χ0) is 13.4. The molecule has 1 rings (SSSR count). The van der Waals surface area contributed by atoms with Crippen molar-refractivity contribution in [1.82, 2.24) is 5.32 Å². The van der Waals surface area contributed by atoms with Crippen molar-refractivity contribution in [2.75, 3.05) is 40.0 Å². The van der Waals surface area contributed by atoms with Gasteiger partial charge in [0.05, 0.1) is 31.0 Å². The SMILES string of the molecule is COC(C)(C)CNCC(O)COCC1CCCO1. The first-order valence-electron chi connectivity index (χ1n) is 6.67. The highest BCUT2D eigenvalue weighted by molar-refractivity contribution is 4.72. The number of rotatable bonds is 9. The Morgan fingerprint density at radius 1 is 1.50 bits per heavy atom. The Bertz CT molecular complexity index is 217. The van der Waals surface area contributed by atoms with Crippen LogP contribution in [0.15, 0.2) is 0 Å². The smallest absolute Gasteiger partial charge is 0.0897 e. The van der Waals surface area contributed by atoms with Gasteiger partial charge in [0.15, 0.2) is 0 Å². The molecule has 0 aromatic heterocycles. The summed E-state index contributed by atoms with van der Waals surface area (Å²) >= 11 is 0. The number of hydrogen-bond acceptors (Lipinski definition) is 5. The molecule has 0 aliphatic carbocycles. The van der Waals surface area contributed by atoms with E-state index in [9.17, 15) is 5.11 Å². The molecule has 2 N–H and O–H groups in total. The quantitative estimate of drug-likeness (QED) is 0.635. The lowest BCUT2D eigenvalue weighted by Gasteiger charge is -2.24. The van der Waals surface area contributed by atoms with E-state index in [1.54, 1.807) is 7.11 Å². The molecule has 108 valence electrons. The van der Waals surface area contributed by atoms with Gasteiger partial charge in [-0.05, 0) is 26.7 Å². The Morgan fingerprint density at radius 2 is 2.28 bits per heavy atom. The summed E-state index contributed by atoms with van der Waals surface area (Å²) in [5, 5.41) is 12.9. The van der Waals surface area contributed by atoms with Crippen LogP contribution in [0.2, 0.25) is 0 Å². The molecule has 5 nitrogen and oxygen atoms in total. The number of aliphatic hydroxyl groups excluding tert-OH is 1. The van der Waals surface area contributed by atoms with Crippen molar-refractivity contribution in [1.29, 1.82) is 0 Å². The fourth-order valence-corrected chi connectivity index (χ4v) is 1.78. The van der Waals surface area contributed by atoms with E-state index in [-0.39, 0.29) is 11.7 Å². The topological polar surface area (TPSA) is 60.0 Å². The first-order valence-corrected chi connectivity index (χ1v) is 6.67. The van der Waals surface area contributed by atoms with Crippen molar-refractivity contribution in [3.05, 3.63) is 0 Å². The van der Waals surface area contributed by atoms with Gasteiger partial charge in [-0.25, -0.2) is 0 Å². The van der Waals surface area contributed by atoms with Gasteiger partial charge >= 0.3 is 0 Å². The number of methoxy groups -OCH3 is 1. The molecule has 0 saturated carbocycles. The maximum atomic E-state index is 9.72. The largest absolute Gasteiger partial charge is 0.389 e. The van der Waals surface area contributed by atoms with Crippen LogP contribution in [0.1, 0.15) is 26.7 Å². The van der Waals surface area contributed by atoms with Crippen LogP contribution in [-0.4, -0.2) is 62.9 Å². The van der Waals surface area contributed by atoms with E-state index >= 15 is 0 Å². The minimum atomic E-state index is -0.487. The predicted molar refractivity (Wildman–Crippen MR) is 69.8 cm³/mol. The molecule has 2 unspecified atom stereocenters. The van der Waals surface area contributed by atoms with Crippen LogP contribution in [0.4, 0.5) is 0 Å². The summed E-state index contributed by atoms with van der Waals surface area (Å²) in [7, 11) is 1.68. The monoisotopic (exact) mass is 261 g/mol. The molecule has 1 saturated heterocycles.